The monoisotopic (exact) mass is 168 g/mol. The molecule has 8 N–H and O–H groups in total. The molecule has 7 heteroatoms. The normalized spacial score (nSPS) is 0. The third kappa shape index (κ3) is 2300. The molecule has 0 amide bonds. The number of hydrogen-bond donors (Lipinski definition) is 0. The van der Waals surface area contributed by atoms with E-state index < -0.39 is 0 Å². The van der Waals surface area contributed by atoms with Crippen molar-refractivity contribution in [3.05, 3.63) is 0 Å². The van der Waals surface area contributed by atoms with E-state index in [1.54, 1.807) is 0 Å². The van der Waals surface area contributed by atoms with Crippen molar-refractivity contribution in [2.75, 3.05) is 0 Å². The fourth-order valence-corrected chi connectivity index (χ4v) is 0. The Hall–Kier alpha value is 0.219. The molecule has 0 aromatic heterocycles. The molecule has 0 aliphatic carbocycles. The Morgan fingerprint density at radius 3 is 0.429 bits per heavy atom. The first kappa shape index (κ1) is 5800. The quantitative estimate of drug-likeness (QED) is 0.341. The Morgan fingerprint density at radius 2 is 0.429 bits per heavy atom. The van der Waals surface area contributed by atoms with Crippen molar-refractivity contribution in [3.63, 3.8) is 0 Å². The van der Waals surface area contributed by atoms with E-state index in [0.29, 0.717) is 0 Å². The average molecular weight is 168 g/mol. The molecule has 0 spiro atoms. The Morgan fingerprint density at radius 1 is 0.429 bits per heavy atom. The molecule has 0 aromatic rings. The van der Waals surface area contributed by atoms with Crippen LogP contribution in [0.2, 0.25) is 0 Å². The van der Waals surface area contributed by atoms with Crippen LogP contribution < -0.4 is 0 Å². The number of halogens is 2. The molecule has 0 rings (SSSR count). The zero-order valence-corrected chi connectivity index (χ0v) is 4.27. The predicted molar refractivity (Wildman–Crippen MR) is 19.5 cm³/mol. The van der Waals surface area contributed by atoms with Crippen molar-refractivity contribution in [1.82, 2.24) is 0 Å². The fraction of sp³-hybridized carbons (Fsp3) is 0. The molecular weight excluding hydrogens is 158 g/mol. The molecule has 0 bridgehead atoms. The van der Waals surface area contributed by atoms with Gasteiger partial charge >= 0.3 is 0 Å². The molecule has 56 valence electrons. The molecule has 7 heavy (non-hydrogen) atoms. The van der Waals surface area contributed by atoms with Gasteiger partial charge in [-0.1, -0.05) is 0 Å². The Kier molecular flexibility index (Phi) is 2910000. The molecule has 0 atom stereocenters. The summed E-state index contributed by atoms with van der Waals surface area (Å²) < 4.78 is 0. The van der Waals surface area contributed by atoms with Gasteiger partial charge < -0.3 is 21.9 Å². The van der Waals surface area contributed by atoms with Crippen LogP contribution in [0.3, 0.4) is 0 Å². The maximum Gasteiger partial charge on any atom is 0 e. The maximum atomic E-state index is 0. The molecule has 0 aliphatic heterocycles. The maximum absolute atomic E-state index is 0. The van der Waals surface area contributed by atoms with Crippen molar-refractivity contribution in [1.29, 1.82) is 0 Å². The fourth-order valence-electron chi connectivity index (χ4n) is 0. The Balaban J connectivity index is 0. The zero-order chi connectivity index (χ0) is 0. The molecule has 0 saturated carbocycles. The summed E-state index contributed by atoms with van der Waals surface area (Å²) in [6, 6.07) is 0. The van der Waals surface area contributed by atoms with E-state index in [2.05, 4.69) is 0 Å². The van der Waals surface area contributed by atoms with Gasteiger partial charge in [0.05, 0.1) is 0 Å². The third-order valence-corrected chi connectivity index (χ3v) is 0. The van der Waals surface area contributed by atoms with Crippen LogP contribution in [0.15, 0.2) is 0 Å². The smallest absolute Gasteiger partial charge is 0 e. The summed E-state index contributed by atoms with van der Waals surface area (Å²) in [7, 11) is 0. The summed E-state index contributed by atoms with van der Waals surface area (Å²) >= 11 is 0. The molecule has 0 unspecified atom stereocenters. The van der Waals surface area contributed by atoms with Crippen molar-refractivity contribution >= 4 is 0 Å². The van der Waals surface area contributed by atoms with Crippen LogP contribution in [-0.4, -0.2) is 21.9 Å². The van der Waals surface area contributed by atoms with Crippen LogP contribution in [0.25, 0.3) is 0 Å². The molecule has 4 nitrogen and oxygen atoms in total. The van der Waals surface area contributed by atoms with Gasteiger partial charge in [0.25, 0.3) is 0 Å². The van der Waals surface area contributed by atoms with Gasteiger partial charge in [0.15, 0.2) is 0 Å². The van der Waals surface area contributed by atoms with Gasteiger partial charge in [0.1, 0.15) is 0 Å². The molecule has 0 saturated heterocycles. The topological polar surface area (TPSA) is 126 Å². The minimum atomic E-state index is 0. The van der Waals surface area contributed by atoms with Crippen LogP contribution >= 0.6 is 0 Å². The minimum Gasteiger partial charge on any atom is -0.412 e. The van der Waals surface area contributed by atoms with Crippen LogP contribution in [0.1, 0.15) is 0 Å². The van der Waals surface area contributed by atoms with Gasteiger partial charge in [-0.2, -0.15) is 0 Å². The van der Waals surface area contributed by atoms with Crippen LogP contribution in [-0.2, 0) is 17.1 Å². The first-order chi connectivity index (χ1) is 0. The van der Waals surface area contributed by atoms with E-state index in [4.69, 9.17) is 0 Å². The van der Waals surface area contributed by atoms with E-state index in [0.717, 1.165) is 0 Å². The van der Waals surface area contributed by atoms with E-state index in [9.17, 15) is 0 Å². The van der Waals surface area contributed by atoms with E-state index >= 15 is 0 Å². The molecule has 0 fully saturated rings. The van der Waals surface area contributed by atoms with Crippen LogP contribution in [0, 0.1) is 0 Å². The second kappa shape index (κ2) is 3520. The second-order valence-electron chi connectivity index (χ2n) is 0. The van der Waals surface area contributed by atoms with Crippen molar-refractivity contribution in [3.8, 4) is 0 Å². The molecule has 0 aliphatic rings. The van der Waals surface area contributed by atoms with Crippen LogP contribution in [0.4, 0.5) is 9.41 Å². The van der Waals surface area contributed by atoms with E-state index in [1.165, 1.54) is 0 Å². The summed E-state index contributed by atoms with van der Waals surface area (Å²) in [5.41, 5.74) is 0. The van der Waals surface area contributed by atoms with Crippen molar-refractivity contribution in [2.24, 2.45) is 0 Å². The third-order valence-electron chi connectivity index (χ3n) is 0. The molecule has 0 aromatic carbocycles. The SMILES string of the molecule is F.F.O.O.O.O.[Fe]. The molecule has 0 heterocycles. The van der Waals surface area contributed by atoms with Gasteiger partial charge in [-0.25, -0.2) is 0 Å². The summed E-state index contributed by atoms with van der Waals surface area (Å²) in [4.78, 5) is 0. The van der Waals surface area contributed by atoms with E-state index in [-0.39, 0.29) is 48.4 Å². The number of rotatable bonds is 0. The summed E-state index contributed by atoms with van der Waals surface area (Å²) in [6.07, 6.45) is 0. The minimum absolute atomic E-state index is 0. The molecule has 0 radical (unpaired) electrons. The van der Waals surface area contributed by atoms with Crippen molar-refractivity contribution in [2.45, 2.75) is 0 Å². The Bertz CT molecular complexity index is 9.65. The van der Waals surface area contributed by atoms with Crippen molar-refractivity contribution < 1.29 is 48.4 Å². The standard InChI is InChI=1S/2FH.Fe.4H2O/h2*1H;;4*1H2. The van der Waals surface area contributed by atoms with Crippen LogP contribution in [0.5, 0.6) is 0 Å². The first-order valence-electron chi connectivity index (χ1n) is 0. The van der Waals surface area contributed by atoms with Gasteiger partial charge in [-0.05, 0) is 0 Å². The van der Waals surface area contributed by atoms with Gasteiger partial charge in [-0.15, -0.1) is 0 Å². The van der Waals surface area contributed by atoms with Gasteiger partial charge in [0.2, 0.25) is 0 Å². The second-order valence-corrected chi connectivity index (χ2v) is 0. The van der Waals surface area contributed by atoms with Gasteiger partial charge in [-0.3, -0.25) is 9.41 Å². The summed E-state index contributed by atoms with van der Waals surface area (Å²) in [6.45, 7) is 0. The first-order valence-corrected chi connectivity index (χ1v) is 0. The summed E-state index contributed by atoms with van der Waals surface area (Å²) in [5, 5.41) is 0. The summed E-state index contributed by atoms with van der Waals surface area (Å²) in [5.74, 6) is 0. The van der Waals surface area contributed by atoms with E-state index in [1.807, 2.05) is 0 Å². The largest absolute Gasteiger partial charge is 0.412 e. The number of hydrogen-bond acceptors (Lipinski definition) is 0. The molecular formula is H10F2FeO4. The zero-order valence-electron chi connectivity index (χ0n) is 3.17. The average Bonchev–Trinajstić information content (AvgIpc) is 0. The van der Waals surface area contributed by atoms with Gasteiger partial charge in [0, 0.05) is 17.1 Å². The Labute approximate surface area is 49.3 Å². The predicted octanol–water partition coefficient (Wildman–Crippen LogP) is -3.00.